The zero-order valence-electron chi connectivity index (χ0n) is 5.84. The molecule has 0 amide bonds. The van der Waals surface area contributed by atoms with Gasteiger partial charge in [-0.1, -0.05) is 19.3 Å². The molecule has 0 aromatic carbocycles. The van der Waals surface area contributed by atoms with E-state index in [0.29, 0.717) is 0 Å². The minimum atomic E-state index is 0. The molecule has 0 aliphatic heterocycles. The standard InChI is InChI=1S/C6H11.2H3N.Pt/c1-2-4-6-5-3-1;;;/h1H,2-6H2;2*1H3;/q-1;;;. The van der Waals surface area contributed by atoms with E-state index >= 15 is 0 Å². The first-order valence-electron chi connectivity index (χ1n) is 2.82. The Morgan fingerprint density at radius 1 is 0.778 bits per heavy atom. The maximum Gasteiger partial charge on any atom is 0 e. The third kappa shape index (κ3) is 8.61. The largest absolute Gasteiger partial charge is 0.344 e. The summed E-state index contributed by atoms with van der Waals surface area (Å²) in [6, 6.07) is 0. The Hall–Kier alpha value is 0.608. The third-order valence-electron chi connectivity index (χ3n) is 1.32. The first-order chi connectivity index (χ1) is 3.00. The summed E-state index contributed by atoms with van der Waals surface area (Å²) in [5.41, 5.74) is 0. The van der Waals surface area contributed by atoms with Gasteiger partial charge in [0.2, 0.25) is 0 Å². The van der Waals surface area contributed by atoms with E-state index in [4.69, 9.17) is 0 Å². The normalized spacial score (nSPS) is 16.0. The molecule has 9 heavy (non-hydrogen) atoms. The van der Waals surface area contributed by atoms with Crippen molar-refractivity contribution in [3.05, 3.63) is 6.42 Å². The molecule has 0 aromatic rings. The van der Waals surface area contributed by atoms with Crippen molar-refractivity contribution >= 4 is 0 Å². The van der Waals surface area contributed by atoms with Crippen LogP contribution < -0.4 is 12.3 Å². The molecule has 0 radical (unpaired) electrons. The summed E-state index contributed by atoms with van der Waals surface area (Å²) in [6.07, 6.45) is 9.50. The summed E-state index contributed by atoms with van der Waals surface area (Å²) < 4.78 is 0. The summed E-state index contributed by atoms with van der Waals surface area (Å²) in [4.78, 5) is 0. The van der Waals surface area contributed by atoms with Gasteiger partial charge in [-0.05, 0) is 0 Å². The van der Waals surface area contributed by atoms with E-state index in [1.807, 2.05) is 0 Å². The van der Waals surface area contributed by atoms with Gasteiger partial charge in [0.1, 0.15) is 0 Å². The van der Waals surface area contributed by atoms with Crippen LogP contribution in [-0.4, -0.2) is 0 Å². The van der Waals surface area contributed by atoms with Crippen molar-refractivity contribution in [2.45, 2.75) is 32.1 Å². The second-order valence-corrected chi connectivity index (χ2v) is 1.93. The molecule has 0 heterocycles. The van der Waals surface area contributed by atoms with Crippen LogP contribution in [0.4, 0.5) is 0 Å². The molecule has 0 aromatic heterocycles. The smallest absolute Gasteiger partial charge is 0 e. The summed E-state index contributed by atoms with van der Waals surface area (Å²) >= 11 is 0. The van der Waals surface area contributed by atoms with Crippen molar-refractivity contribution in [3.8, 4) is 0 Å². The molecule has 1 saturated carbocycles. The molecule has 1 aliphatic rings. The average Bonchev–Trinajstić information content (AvgIpc) is 1.72. The summed E-state index contributed by atoms with van der Waals surface area (Å²) in [7, 11) is 0. The van der Waals surface area contributed by atoms with Crippen LogP contribution in [0.25, 0.3) is 0 Å². The van der Waals surface area contributed by atoms with Crippen LogP contribution in [0.15, 0.2) is 0 Å². The van der Waals surface area contributed by atoms with Gasteiger partial charge in [0.15, 0.2) is 0 Å². The Morgan fingerprint density at radius 2 is 1.22 bits per heavy atom. The molecule has 0 saturated heterocycles. The zero-order chi connectivity index (χ0) is 4.24. The van der Waals surface area contributed by atoms with Crippen LogP contribution in [0.2, 0.25) is 0 Å². The van der Waals surface area contributed by atoms with Crippen molar-refractivity contribution in [2.24, 2.45) is 0 Å². The summed E-state index contributed by atoms with van der Waals surface area (Å²) in [6.45, 7) is 0. The first kappa shape index (κ1) is 16.3. The fraction of sp³-hybridized carbons (Fsp3) is 0.833. The van der Waals surface area contributed by atoms with Gasteiger partial charge in [-0.25, -0.2) is 0 Å². The number of hydrogen-bond donors (Lipinski definition) is 2. The van der Waals surface area contributed by atoms with Gasteiger partial charge in [-0.15, -0.1) is 0 Å². The van der Waals surface area contributed by atoms with Gasteiger partial charge in [0, 0.05) is 21.1 Å². The van der Waals surface area contributed by atoms with E-state index in [0.717, 1.165) is 0 Å². The van der Waals surface area contributed by atoms with Crippen LogP contribution in [0.3, 0.4) is 0 Å². The van der Waals surface area contributed by atoms with Gasteiger partial charge >= 0.3 is 0 Å². The fourth-order valence-corrected chi connectivity index (χ4v) is 0.898. The van der Waals surface area contributed by atoms with Gasteiger partial charge < -0.3 is 18.7 Å². The van der Waals surface area contributed by atoms with Crippen LogP contribution in [-0.2, 0) is 21.1 Å². The van der Waals surface area contributed by atoms with Crippen LogP contribution in [0.1, 0.15) is 32.1 Å². The predicted molar refractivity (Wildman–Crippen MR) is 37.4 cm³/mol. The van der Waals surface area contributed by atoms with E-state index in [2.05, 4.69) is 6.42 Å². The van der Waals surface area contributed by atoms with Crippen LogP contribution >= 0.6 is 0 Å². The number of hydrogen-bond acceptors (Lipinski definition) is 2. The Kier molecular flexibility index (Phi) is 20.7. The maximum absolute atomic E-state index is 2.39. The molecular formula is C6H17N2Pt-. The van der Waals surface area contributed by atoms with E-state index in [1.165, 1.54) is 32.1 Å². The quantitative estimate of drug-likeness (QED) is 0.675. The summed E-state index contributed by atoms with van der Waals surface area (Å²) in [5.74, 6) is 0. The van der Waals surface area contributed by atoms with Gasteiger partial charge in [0.25, 0.3) is 0 Å². The molecule has 1 rings (SSSR count). The third-order valence-corrected chi connectivity index (χ3v) is 1.32. The Morgan fingerprint density at radius 3 is 1.33 bits per heavy atom. The molecule has 0 unspecified atom stereocenters. The SMILES string of the molecule is N.N.[CH-]1CCCCC1.[Pt]. The van der Waals surface area contributed by atoms with Crippen molar-refractivity contribution < 1.29 is 21.1 Å². The molecule has 0 atom stereocenters. The molecule has 0 spiro atoms. The average molecular weight is 312 g/mol. The molecule has 62 valence electrons. The molecule has 3 heteroatoms. The van der Waals surface area contributed by atoms with Gasteiger partial charge in [-0.2, -0.15) is 12.8 Å². The topological polar surface area (TPSA) is 70.0 Å². The van der Waals surface area contributed by atoms with E-state index < -0.39 is 0 Å². The fourth-order valence-electron chi connectivity index (χ4n) is 0.898. The Balaban J connectivity index is -0.000000120. The second kappa shape index (κ2) is 11.4. The van der Waals surface area contributed by atoms with Crippen molar-refractivity contribution in [1.82, 2.24) is 12.3 Å². The predicted octanol–water partition coefficient (Wildman–Crippen LogP) is 2.48. The first-order valence-corrected chi connectivity index (χ1v) is 2.82. The van der Waals surface area contributed by atoms with Gasteiger partial charge in [0.05, 0.1) is 0 Å². The molecule has 1 aliphatic carbocycles. The second-order valence-electron chi connectivity index (χ2n) is 1.93. The molecule has 6 N–H and O–H groups in total. The van der Waals surface area contributed by atoms with Crippen molar-refractivity contribution in [2.75, 3.05) is 0 Å². The van der Waals surface area contributed by atoms with E-state index in [9.17, 15) is 0 Å². The number of rotatable bonds is 0. The van der Waals surface area contributed by atoms with E-state index in [-0.39, 0.29) is 33.4 Å². The van der Waals surface area contributed by atoms with Crippen LogP contribution in [0.5, 0.6) is 0 Å². The van der Waals surface area contributed by atoms with E-state index in [1.54, 1.807) is 0 Å². The van der Waals surface area contributed by atoms with Crippen molar-refractivity contribution in [1.29, 1.82) is 0 Å². The maximum atomic E-state index is 2.39. The monoisotopic (exact) mass is 312 g/mol. The van der Waals surface area contributed by atoms with Crippen LogP contribution in [0, 0.1) is 6.42 Å². The zero-order valence-corrected chi connectivity index (χ0v) is 8.12. The molecular weight excluding hydrogens is 295 g/mol. The molecule has 2 nitrogen and oxygen atoms in total. The van der Waals surface area contributed by atoms with Gasteiger partial charge in [-0.3, -0.25) is 0 Å². The molecule has 1 fully saturated rings. The Bertz CT molecular complexity index is 26.5. The Labute approximate surface area is 72.2 Å². The molecule has 0 bridgehead atoms. The van der Waals surface area contributed by atoms with Crippen molar-refractivity contribution in [3.63, 3.8) is 0 Å². The minimum Gasteiger partial charge on any atom is -0.344 e. The minimum absolute atomic E-state index is 0. The summed E-state index contributed by atoms with van der Waals surface area (Å²) in [5, 5.41) is 0.